The lowest BCUT2D eigenvalue weighted by Crippen LogP contribution is -2.51. The van der Waals surface area contributed by atoms with E-state index >= 15 is 0 Å². The van der Waals surface area contributed by atoms with E-state index in [4.69, 9.17) is 0 Å². The van der Waals surface area contributed by atoms with Gasteiger partial charge in [0.15, 0.2) is 0 Å². The first kappa shape index (κ1) is 16.2. The van der Waals surface area contributed by atoms with Crippen LogP contribution in [0.3, 0.4) is 0 Å². The molecule has 1 N–H and O–H groups in total. The molecule has 0 radical (unpaired) electrons. The largest absolute Gasteiger partial charge is 0.312 e. The van der Waals surface area contributed by atoms with Gasteiger partial charge in [0.25, 0.3) is 0 Å². The molecular formula is C14H18ClN3O2S. The van der Waals surface area contributed by atoms with Gasteiger partial charge in [0.1, 0.15) is 0 Å². The van der Waals surface area contributed by atoms with Gasteiger partial charge in [0.05, 0.1) is 10.4 Å². The number of piperazine rings is 1. The van der Waals surface area contributed by atoms with Gasteiger partial charge in [-0.3, -0.25) is 4.98 Å². The van der Waals surface area contributed by atoms with Crippen molar-refractivity contribution in [2.24, 2.45) is 0 Å². The molecule has 1 aromatic carbocycles. The molecule has 5 nitrogen and oxygen atoms in total. The Morgan fingerprint density at radius 3 is 2.86 bits per heavy atom. The highest BCUT2D eigenvalue weighted by Gasteiger charge is 2.29. The van der Waals surface area contributed by atoms with Gasteiger partial charge in [-0.15, -0.1) is 12.4 Å². The van der Waals surface area contributed by atoms with Crippen LogP contribution in [0.5, 0.6) is 0 Å². The Hall–Kier alpha value is -1.21. The maximum absolute atomic E-state index is 12.8. The number of hydrogen-bond donors (Lipinski definition) is 1. The van der Waals surface area contributed by atoms with Crippen molar-refractivity contribution in [2.45, 2.75) is 17.9 Å². The second-order valence-corrected chi connectivity index (χ2v) is 6.95. The Kier molecular flexibility index (Phi) is 4.83. The Bertz CT molecular complexity index is 731. The molecule has 3 rings (SSSR count). The summed E-state index contributed by atoms with van der Waals surface area (Å²) in [6.45, 7) is 3.68. The molecule has 1 saturated heterocycles. The molecule has 7 heteroatoms. The van der Waals surface area contributed by atoms with Crippen molar-refractivity contribution in [3.05, 3.63) is 36.5 Å². The van der Waals surface area contributed by atoms with Crippen LogP contribution in [0.4, 0.5) is 0 Å². The van der Waals surface area contributed by atoms with Crippen LogP contribution in [0, 0.1) is 0 Å². The van der Waals surface area contributed by atoms with Crippen LogP contribution < -0.4 is 5.32 Å². The molecular weight excluding hydrogens is 310 g/mol. The SMILES string of the molecule is C[C@H]1CN(S(=O)(=O)c2cccc3ncccc23)CCN1.Cl. The van der Waals surface area contributed by atoms with E-state index in [2.05, 4.69) is 10.3 Å². The second kappa shape index (κ2) is 6.27. The Morgan fingerprint density at radius 2 is 2.10 bits per heavy atom. The fourth-order valence-corrected chi connectivity index (χ4v) is 4.29. The molecule has 1 aromatic heterocycles. The highest BCUT2D eigenvalue weighted by Crippen LogP contribution is 2.25. The van der Waals surface area contributed by atoms with Crippen LogP contribution in [-0.4, -0.2) is 43.4 Å². The van der Waals surface area contributed by atoms with Gasteiger partial charge < -0.3 is 5.32 Å². The number of nitrogens with zero attached hydrogens (tertiary/aromatic N) is 2. The summed E-state index contributed by atoms with van der Waals surface area (Å²) in [4.78, 5) is 4.56. The van der Waals surface area contributed by atoms with E-state index < -0.39 is 10.0 Å². The predicted molar refractivity (Wildman–Crippen MR) is 85.2 cm³/mol. The minimum atomic E-state index is -3.47. The minimum absolute atomic E-state index is 0. The fraction of sp³-hybridized carbons (Fsp3) is 0.357. The minimum Gasteiger partial charge on any atom is -0.312 e. The number of benzene rings is 1. The maximum atomic E-state index is 12.8. The van der Waals surface area contributed by atoms with Crippen LogP contribution in [0.2, 0.25) is 0 Å². The molecule has 1 aliphatic rings. The topological polar surface area (TPSA) is 62.3 Å². The van der Waals surface area contributed by atoms with Crippen LogP contribution in [0.15, 0.2) is 41.4 Å². The smallest absolute Gasteiger partial charge is 0.243 e. The van der Waals surface area contributed by atoms with E-state index in [1.54, 1.807) is 34.8 Å². The Morgan fingerprint density at radius 1 is 1.29 bits per heavy atom. The van der Waals surface area contributed by atoms with Crippen LogP contribution in [0.25, 0.3) is 10.9 Å². The van der Waals surface area contributed by atoms with Gasteiger partial charge in [-0.1, -0.05) is 6.07 Å². The number of sulfonamides is 1. The summed E-state index contributed by atoms with van der Waals surface area (Å²) in [6, 6.07) is 8.98. The third kappa shape index (κ3) is 3.03. The second-order valence-electron chi connectivity index (χ2n) is 5.04. The van der Waals surface area contributed by atoms with Gasteiger partial charge in [-0.05, 0) is 31.2 Å². The third-order valence-electron chi connectivity index (χ3n) is 3.56. The van der Waals surface area contributed by atoms with E-state index in [1.807, 2.05) is 13.0 Å². The molecule has 0 spiro atoms. The first-order valence-electron chi connectivity index (χ1n) is 6.66. The highest BCUT2D eigenvalue weighted by molar-refractivity contribution is 7.89. The lowest BCUT2D eigenvalue weighted by Gasteiger charge is -2.31. The molecule has 2 aromatic rings. The van der Waals surface area contributed by atoms with Gasteiger partial charge in [0, 0.05) is 37.3 Å². The van der Waals surface area contributed by atoms with E-state index in [0.717, 1.165) is 0 Å². The summed E-state index contributed by atoms with van der Waals surface area (Å²) in [5, 5.41) is 3.94. The summed E-state index contributed by atoms with van der Waals surface area (Å²) in [5.74, 6) is 0. The van der Waals surface area contributed by atoms with E-state index in [-0.39, 0.29) is 18.4 Å². The normalized spacial score (nSPS) is 20.1. The van der Waals surface area contributed by atoms with Gasteiger partial charge >= 0.3 is 0 Å². The summed E-state index contributed by atoms with van der Waals surface area (Å²) >= 11 is 0. The molecule has 0 unspecified atom stereocenters. The number of rotatable bonds is 2. The Balaban J connectivity index is 0.00000161. The molecule has 0 amide bonds. The standard InChI is InChI=1S/C14H17N3O2S.ClH/c1-11-10-17(9-8-15-11)20(18,19)14-6-2-5-13-12(14)4-3-7-16-13;/h2-7,11,15H,8-10H2,1H3;1H/t11-;/m0./s1. The third-order valence-corrected chi connectivity index (χ3v) is 5.48. The monoisotopic (exact) mass is 327 g/mol. The lowest BCUT2D eigenvalue weighted by molar-refractivity contribution is 0.310. The number of pyridine rings is 1. The number of hydrogen-bond acceptors (Lipinski definition) is 4. The summed E-state index contributed by atoms with van der Waals surface area (Å²) in [7, 11) is -3.47. The van der Waals surface area contributed by atoms with Gasteiger partial charge in [-0.25, -0.2) is 8.42 Å². The van der Waals surface area contributed by atoms with Crippen LogP contribution in [-0.2, 0) is 10.0 Å². The van der Waals surface area contributed by atoms with E-state index in [0.29, 0.717) is 35.4 Å². The zero-order chi connectivity index (χ0) is 14.2. The van der Waals surface area contributed by atoms with Crippen molar-refractivity contribution in [1.29, 1.82) is 0 Å². The molecule has 1 atom stereocenters. The number of nitrogens with one attached hydrogen (secondary N) is 1. The first-order valence-corrected chi connectivity index (χ1v) is 8.10. The zero-order valence-corrected chi connectivity index (χ0v) is 13.3. The summed E-state index contributed by atoms with van der Waals surface area (Å²) in [5.41, 5.74) is 0.705. The van der Waals surface area contributed by atoms with Gasteiger partial charge in [0.2, 0.25) is 10.0 Å². The maximum Gasteiger partial charge on any atom is 0.243 e. The molecule has 2 heterocycles. The zero-order valence-electron chi connectivity index (χ0n) is 11.7. The average Bonchev–Trinajstić information content (AvgIpc) is 2.46. The van der Waals surface area contributed by atoms with Crippen molar-refractivity contribution in [3.8, 4) is 0 Å². The first-order chi connectivity index (χ1) is 9.59. The molecule has 114 valence electrons. The van der Waals surface area contributed by atoms with Crippen molar-refractivity contribution < 1.29 is 8.42 Å². The highest BCUT2D eigenvalue weighted by atomic mass is 35.5. The summed E-state index contributed by atoms with van der Waals surface area (Å²) in [6.07, 6.45) is 1.67. The van der Waals surface area contributed by atoms with Crippen LogP contribution >= 0.6 is 12.4 Å². The van der Waals surface area contributed by atoms with Crippen molar-refractivity contribution in [3.63, 3.8) is 0 Å². The van der Waals surface area contributed by atoms with Crippen molar-refractivity contribution in [2.75, 3.05) is 19.6 Å². The molecule has 0 aliphatic carbocycles. The van der Waals surface area contributed by atoms with Crippen molar-refractivity contribution in [1.82, 2.24) is 14.6 Å². The summed E-state index contributed by atoms with van der Waals surface area (Å²) < 4.78 is 27.2. The van der Waals surface area contributed by atoms with E-state index in [1.165, 1.54) is 0 Å². The molecule has 0 bridgehead atoms. The van der Waals surface area contributed by atoms with E-state index in [9.17, 15) is 8.42 Å². The Labute approximate surface area is 130 Å². The number of fused-ring (bicyclic) bond motifs is 1. The molecule has 21 heavy (non-hydrogen) atoms. The molecule has 1 fully saturated rings. The number of halogens is 1. The number of aromatic nitrogens is 1. The van der Waals surface area contributed by atoms with Crippen molar-refractivity contribution >= 4 is 33.3 Å². The quantitative estimate of drug-likeness (QED) is 0.911. The molecule has 1 aliphatic heterocycles. The van der Waals surface area contributed by atoms with Crippen LogP contribution in [0.1, 0.15) is 6.92 Å². The fourth-order valence-electron chi connectivity index (χ4n) is 2.55. The average molecular weight is 328 g/mol. The van der Waals surface area contributed by atoms with Gasteiger partial charge in [-0.2, -0.15) is 4.31 Å². The molecule has 0 saturated carbocycles. The predicted octanol–water partition coefficient (Wildman–Crippen LogP) is 1.64. The lowest BCUT2D eigenvalue weighted by atomic mass is 10.2.